The summed E-state index contributed by atoms with van der Waals surface area (Å²) in [7, 11) is 0. The summed E-state index contributed by atoms with van der Waals surface area (Å²) in [6.07, 6.45) is 0. The molecule has 18 heavy (non-hydrogen) atoms. The predicted molar refractivity (Wildman–Crippen MR) is 80.2 cm³/mol. The molecule has 3 N–H and O–H groups in total. The third-order valence-corrected chi connectivity index (χ3v) is 4.70. The van der Waals surface area contributed by atoms with Crippen molar-refractivity contribution in [1.29, 1.82) is 0 Å². The number of thioether (sulfide) groups is 1. The molecule has 0 amide bonds. The van der Waals surface area contributed by atoms with Crippen LogP contribution in [0.2, 0.25) is 0 Å². The monoisotopic (exact) mass is 278 g/mol. The summed E-state index contributed by atoms with van der Waals surface area (Å²) in [4.78, 5) is 7.70. The SMILES string of the molecule is Cc1ccc2c(c1)C(=S)N1CSCC1C(NN)=N2. The molecule has 4 nitrogen and oxygen atoms in total. The third-order valence-electron chi connectivity index (χ3n) is 3.23. The molecule has 1 saturated heterocycles. The first-order valence-electron chi connectivity index (χ1n) is 5.75. The van der Waals surface area contributed by atoms with Gasteiger partial charge >= 0.3 is 0 Å². The fourth-order valence-electron chi connectivity index (χ4n) is 2.28. The van der Waals surface area contributed by atoms with Gasteiger partial charge in [0.2, 0.25) is 0 Å². The zero-order valence-corrected chi connectivity index (χ0v) is 11.6. The minimum atomic E-state index is 0.167. The van der Waals surface area contributed by atoms with Gasteiger partial charge in [-0.15, -0.1) is 11.8 Å². The van der Waals surface area contributed by atoms with E-state index in [9.17, 15) is 0 Å². The van der Waals surface area contributed by atoms with Crippen molar-refractivity contribution in [3.05, 3.63) is 29.3 Å². The summed E-state index contributed by atoms with van der Waals surface area (Å²) in [5, 5.41) is 0. The maximum Gasteiger partial charge on any atom is 0.140 e. The molecule has 6 heteroatoms. The lowest BCUT2D eigenvalue weighted by Crippen LogP contribution is -2.48. The van der Waals surface area contributed by atoms with Gasteiger partial charge in [0.15, 0.2) is 0 Å². The molecule has 1 aromatic rings. The Kier molecular flexibility index (Phi) is 3.01. The molecule has 1 aromatic carbocycles. The van der Waals surface area contributed by atoms with Crippen LogP contribution in [0, 0.1) is 6.92 Å². The lowest BCUT2D eigenvalue weighted by atomic mass is 10.1. The Morgan fingerprint density at radius 2 is 2.39 bits per heavy atom. The predicted octanol–water partition coefficient (Wildman–Crippen LogP) is 1.55. The smallest absolute Gasteiger partial charge is 0.140 e. The molecule has 2 aliphatic heterocycles. The number of aliphatic imine (C=N–C) groups is 1. The van der Waals surface area contributed by atoms with E-state index >= 15 is 0 Å². The lowest BCUT2D eigenvalue weighted by Gasteiger charge is -2.24. The van der Waals surface area contributed by atoms with E-state index in [1.807, 2.05) is 23.9 Å². The van der Waals surface area contributed by atoms with Crippen molar-refractivity contribution in [2.24, 2.45) is 10.8 Å². The molecule has 0 bridgehead atoms. The van der Waals surface area contributed by atoms with Gasteiger partial charge in [0, 0.05) is 11.3 Å². The highest BCUT2D eigenvalue weighted by Gasteiger charge is 2.34. The zero-order valence-electron chi connectivity index (χ0n) is 10.0. The number of hydrogen-bond acceptors (Lipinski definition) is 5. The largest absolute Gasteiger partial charge is 0.342 e. The van der Waals surface area contributed by atoms with Crippen molar-refractivity contribution in [3.8, 4) is 0 Å². The number of hydrazine groups is 1. The average Bonchev–Trinajstić information content (AvgIpc) is 2.81. The van der Waals surface area contributed by atoms with Gasteiger partial charge in [0.05, 0.1) is 17.6 Å². The number of hydrogen-bond donors (Lipinski definition) is 2. The van der Waals surface area contributed by atoms with Gasteiger partial charge in [-0.25, -0.2) is 10.8 Å². The van der Waals surface area contributed by atoms with E-state index in [-0.39, 0.29) is 6.04 Å². The van der Waals surface area contributed by atoms with Crippen LogP contribution in [-0.2, 0) is 0 Å². The van der Waals surface area contributed by atoms with Crippen molar-refractivity contribution in [2.45, 2.75) is 13.0 Å². The molecule has 0 radical (unpaired) electrons. The Bertz CT molecular complexity index is 541. The molecule has 1 unspecified atom stereocenters. The van der Waals surface area contributed by atoms with Gasteiger partial charge in [0.1, 0.15) is 10.8 Å². The molecule has 2 aliphatic rings. The van der Waals surface area contributed by atoms with E-state index in [4.69, 9.17) is 18.1 Å². The van der Waals surface area contributed by atoms with Crippen LogP contribution in [0.5, 0.6) is 0 Å². The maximum absolute atomic E-state index is 5.62. The Morgan fingerprint density at radius 1 is 1.56 bits per heavy atom. The van der Waals surface area contributed by atoms with E-state index in [0.29, 0.717) is 0 Å². The van der Waals surface area contributed by atoms with Gasteiger partial charge in [-0.3, -0.25) is 0 Å². The van der Waals surface area contributed by atoms with Crippen molar-refractivity contribution >= 4 is 40.5 Å². The molecule has 94 valence electrons. The van der Waals surface area contributed by atoms with Crippen LogP contribution in [0.3, 0.4) is 0 Å². The maximum atomic E-state index is 5.62. The van der Waals surface area contributed by atoms with Crippen LogP contribution in [0.25, 0.3) is 0 Å². The Morgan fingerprint density at radius 3 is 3.17 bits per heavy atom. The van der Waals surface area contributed by atoms with Gasteiger partial charge in [-0.05, 0) is 19.1 Å². The molecule has 1 fully saturated rings. The summed E-state index contributed by atoms with van der Waals surface area (Å²) in [5.41, 5.74) is 5.85. The van der Waals surface area contributed by atoms with Crippen molar-refractivity contribution in [3.63, 3.8) is 0 Å². The highest BCUT2D eigenvalue weighted by molar-refractivity contribution is 7.99. The van der Waals surface area contributed by atoms with Crippen LogP contribution in [0.4, 0.5) is 5.69 Å². The van der Waals surface area contributed by atoms with Gasteiger partial charge < -0.3 is 10.3 Å². The normalized spacial score (nSPS) is 22.1. The van der Waals surface area contributed by atoms with Crippen LogP contribution < -0.4 is 11.3 Å². The fourth-order valence-corrected chi connectivity index (χ4v) is 3.88. The summed E-state index contributed by atoms with van der Waals surface area (Å²) >= 11 is 7.47. The lowest BCUT2D eigenvalue weighted by molar-refractivity contribution is 0.487. The molecule has 0 aliphatic carbocycles. The quantitative estimate of drug-likeness (QED) is 0.428. The average molecular weight is 278 g/mol. The van der Waals surface area contributed by atoms with E-state index in [1.54, 1.807) is 0 Å². The first-order valence-corrected chi connectivity index (χ1v) is 7.31. The Balaban J connectivity index is 2.16. The summed E-state index contributed by atoms with van der Waals surface area (Å²) < 4.78 is 0. The molecule has 0 spiro atoms. The number of benzene rings is 1. The molecule has 2 heterocycles. The number of amidine groups is 1. The van der Waals surface area contributed by atoms with Crippen molar-refractivity contribution in [1.82, 2.24) is 10.3 Å². The van der Waals surface area contributed by atoms with Gasteiger partial charge in [-0.2, -0.15) is 0 Å². The van der Waals surface area contributed by atoms with E-state index in [1.165, 1.54) is 5.56 Å². The number of thiocarbonyl (C=S) groups is 1. The summed E-state index contributed by atoms with van der Waals surface area (Å²) in [6.45, 7) is 2.07. The topological polar surface area (TPSA) is 53.6 Å². The van der Waals surface area contributed by atoms with Crippen molar-refractivity contribution < 1.29 is 0 Å². The van der Waals surface area contributed by atoms with Crippen LogP contribution in [-0.4, -0.2) is 33.4 Å². The van der Waals surface area contributed by atoms with E-state index in [0.717, 1.165) is 33.7 Å². The molecular weight excluding hydrogens is 264 g/mol. The standard InChI is InChI=1S/C12H14N4S2/c1-7-2-3-9-8(4-7)12(17)16-6-18-5-10(16)11(14-9)15-13/h2-4,10H,5-6,13H2,1H3,(H,14,15). The van der Waals surface area contributed by atoms with Crippen LogP contribution in [0.15, 0.2) is 23.2 Å². The third kappa shape index (κ3) is 1.81. The van der Waals surface area contributed by atoms with E-state index < -0.39 is 0 Å². The first kappa shape index (κ1) is 12.0. The Labute approximate surface area is 116 Å². The highest BCUT2D eigenvalue weighted by Crippen LogP contribution is 2.32. The summed E-state index contributed by atoms with van der Waals surface area (Å²) in [6, 6.07) is 6.31. The molecule has 1 atom stereocenters. The number of rotatable bonds is 0. The second-order valence-electron chi connectivity index (χ2n) is 4.45. The molecule has 3 rings (SSSR count). The zero-order chi connectivity index (χ0) is 12.7. The molecule has 0 saturated carbocycles. The second kappa shape index (κ2) is 4.53. The molecule has 0 aromatic heterocycles. The van der Waals surface area contributed by atoms with Crippen molar-refractivity contribution in [2.75, 3.05) is 11.6 Å². The number of nitrogens with two attached hydrogens (primary N) is 1. The van der Waals surface area contributed by atoms with Crippen LogP contribution in [0.1, 0.15) is 11.1 Å². The Hall–Kier alpha value is -1.11. The second-order valence-corrected chi connectivity index (χ2v) is 5.84. The minimum absolute atomic E-state index is 0.167. The summed E-state index contributed by atoms with van der Waals surface area (Å²) in [5.74, 6) is 8.27. The first-order chi connectivity index (χ1) is 8.70. The number of nitrogens with one attached hydrogen (secondary N) is 1. The minimum Gasteiger partial charge on any atom is -0.342 e. The number of aryl methyl sites for hydroxylation is 1. The number of nitrogens with zero attached hydrogens (tertiary/aromatic N) is 2. The molecular formula is C12H14N4S2. The number of fused-ring (bicyclic) bond motifs is 2. The fraction of sp³-hybridized carbons (Fsp3) is 0.333. The van der Waals surface area contributed by atoms with Gasteiger partial charge in [-0.1, -0.05) is 23.8 Å². The van der Waals surface area contributed by atoms with Crippen LogP contribution >= 0.6 is 24.0 Å². The van der Waals surface area contributed by atoms with E-state index in [2.05, 4.69) is 28.3 Å². The highest BCUT2D eigenvalue weighted by atomic mass is 32.2. The van der Waals surface area contributed by atoms with Gasteiger partial charge in [0.25, 0.3) is 0 Å².